The molecule has 0 unspecified atom stereocenters. The minimum absolute atomic E-state index is 0.0606. The second kappa shape index (κ2) is 7.56. The third-order valence-corrected chi connectivity index (χ3v) is 9.55. The van der Waals surface area contributed by atoms with E-state index in [1.807, 2.05) is 6.07 Å². The molecule has 5 rings (SSSR count). The van der Waals surface area contributed by atoms with E-state index in [0.717, 1.165) is 19.0 Å². The van der Waals surface area contributed by atoms with Gasteiger partial charge in [-0.1, -0.05) is 0 Å². The molecule has 0 radical (unpaired) electrons. The molecule has 176 valence electrons. The Morgan fingerprint density at radius 2 is 1.94 bits per heavy atom. The van der Waals surface area contributed by atoms with E-state index in [2.05, 4.69) is 30.2 Å². The molecular weight excluding hydrogens is 459 g/mol. The summed E-state index contributed by atoms with van der Waals surface area (Å²) in [6, 6.07) is 5.05. The van der Waals surface area contributed by atoms with E-state index in [1.165, 1.54) is 18.6 Å². The average molecular weight is 483 g/mol. The summed E-state index contributed by atoms with van der Waals surface area (Å²) in [4.78, 5) is 21.3. The Balaban J connectivity index is 1.54. The predicted molar refractivity (Wildman–Crippen MR) is 127 cm³/mol. The maximum Gasteiger partial charge on any atom is 0.161 e. The highest BCUT2D eigenvalue weighted by atomic mass is 32.3. The first-order chi connectivity index (χ1) is 16.1. The number of anilines is 2. The third-order valence-electron chi connectivity index (χ3n) is 6.68. The SMILES string of the molecule is C[C@@]1(c2cc(Nc3ncnc4cc(C#N)cnc34)ncc2F)CS(O)(O)[C@@](C)(C2CC2)C(N)=N1. The number of halogens is 1. The van der Waals surface area contributed by atoms with Crippen LogP contribution < -0.4 is 11.1 Å². The Labute approximate surface area is 196 Å². The molecule has 0 aromatic carbocycles. The molecule has 4 heterocycles. The highest BCUT2D eigenvalue weighted by Crippen LogP contribution is 2.66. The fraction of sp³-hybridized carbons (Fsp3) is 0.364. The number of nitrogens with one attached hydrogen (secondary N) is 1. The van der Waals surface area contributed by atoms with Gasteiger partial charge in [0, 0.05) is 11.8 Å². The topological polar surface area (TPSA) is 166 Å². The van der Waals surface area contributed by atoms with Crippen LogP contribution in [0.15, 0.2) is 35.8 Å². The zero-order valence-corrected chi connectivity index (χ0v) is 19.3. The first kappa shape index (κ1) is 22.4. The Morgan fingerprint density at radius 1 is 1.18 bits per heavy atom. The number of fused-ring (bicyclic) bond motifs is 1. The largest absolute Gasteiger partial charge is 0.386 e. The molecule has 3 aromatic rings. The number of hydrogen-bond donors (Lipinski definition) is 4. The van der Waals surface area contributed by atoms with Gasteiger partial charge in [-0.05, 0) is 44.7 Å². The van der Waals surface area contributed by atoms with Crippen molar-refractivity contribution in [2.45, 2.75) is 37.0 Å². The van der Waals surface area contributed by atoms with E-state index in [4.69, 9.17) is 11.0 Å². The maximum absolute atomic E-state index is 15.0. The van der Waals surface area contributed by atoms with Crippen molar-refractivity contribution < 1.29 is 13.5 Å². The van der Waals surface area contributed by atoms with Gasteiger partial charge in [-0.25, -0.2) is 24.3 Å². The summed E-state index contributed by atoms with van der Waals surface area (Å²) >= 11 is 0. The number of amidine groups is 1. The van der Waals surface area contributed by atoms with E-state index >= 15 is 0 Å². The number of hydrogen-bond acceptors (Lipinski definition) is 10. The lowest BCUT2D eigenvalue weighted by atomic mass is 9.93. The second-order valence-corrected chi connectivity index (χ2v) is 11.5. The van der Waals surface area contributed by atoms with Crippen molar-refractivity contribution in [1.82, 2.24) is 19.9 Å². The van der Waals surface area contributed by atoms with Gasteiger partial charge in [-0.2, -0.15) is 15.9 Å². The van der Waals surface area contributed by atoms with E-state index in [0.29, 0.717) is 22.4 Å². The van der Waals surface area contributed by atoms with Crippen LogP contribution in [0.1, 0.15) is 37.8 Å². The van der Waals surface area contributed by atoms with Crippen LogP contribution in [-0.2, 0) is 5.54 Å². The van der Waals surface area contributed by atoms with Crippen LogP contribution in [0.2, 0.25) is 0 Å². The van der Waals surface area contributed by atoms with Gasteiger partial charge in [0.2, 0.25) is 0 Å². The van der Waals surface area contributed by atoms with Gasteiger partial charge >= 0.3 is 0 Å². The zero-order chi connectivity index (χ0) is 24.3. The third kappa shape index (κ3) is 3.44. The second-order valence-electron chi connectivity index (χ2n) is 9.06. The van der Waals surface area contributed by atoms with Crippen molar-refractivity contribution in [3.05, 3.63) is 47.8 Å². The molecule has 1 saturated carbocycles. The predicted octanol–water partition coefficient (Wildman–Crippen LogP) is 3.68. The Hall–Kier alpha value is -3.40. The first-order valence-electron chi connectivity index (χ1n) is 10.6. The van der Waals surface area contributed by atoms with Crippen LogP contribution in [-0.4, -0.2) is 45.4 Å². The Bertz CT molecular complexity index is 1390. The van der Waals surface area contributed by atoms with E-state index in [-0.39, 0.29) is 28.9 Å². The smallest absolute Gasteiger partial charge is 0.161 e. The molecule has 10 nitrogen and oxygen atoms in total. The molecule has 0 saturated heterocycles. The summed E-state index contributed by atoms with van der Waals surface area (Å²) in [6.07, 6.45) is 5.48. The number of nitriles is 1. The van der Waals surface area contributed by atoms with Crippen LogP contribution in [0.4, 0.5) is 16.0 Å². The van der Waals surface area contributed by atoms with Gasteiger partial charge < -0.3 is 11.1 Å². The number of rotatable bonds is 4. The van der Waals surface area contributed by atoms with Crippen molar-refractivity contribution >= 4 is 39.1 Å². The molecule has 0 amide bonds. The quantitative estimate of drug-likeness (QED) is 0.434. The molecule has 34 heavy (non-hydrogen) atoms. The molecule has 1 fully saturated rings. The van der Waals surface area contributed by atoms with Crippen molar-refractivity contribution in [2.24, 2.45) is 16.6 Å². The van der Waals surface area contributed by atoms with Crippen molar-refractivity contribution in [3.63, 3.8) is 0 Å². The van der Waals surface area contributed by atoms with Crippen LogP contribution >= 0.6 is 10.6 Å². The molecule has 2 atom stereocenters. The summed E-state index contributed by atoms with van der Waals surface area (Å²) in [6.45, 7) is 3.37. The van der Waals surface area contributed by atoms with E-state index < -0.39 is 26.7 Å². The normalized spacial score (nSPS) is 27.0. The number of nitrogens with two attached hydrogens (primary N) is 1. The monoisotopic (exact) mass is 482 g/mol. The van der Waals surface area contributed by atoms with Crippen LogP contribution in [0.25, 0.3) is 11.0 Å². The maximum atomic E-state index is 15.0. The zero-order valence-electron chi connectivity index (χ0n) is 18.5. The summed E-state index contributed by atoms with van der Waals surface area (Å²) < 4.78 is 36.2. The van der Waals surface area contributed by atoms with Crippen LogP contribution in [0, 0.1) is 23.1 Å². The molecule has 0 bridgehead atoms. The van der Waals surface area contributed by atoms with Crippen molar-refractivity contribution in [3.8, 4) is 6.07 Å². The fourth-order valence-electron chi connectivity index (χ4n) is 4.50. The molecule has 1 aliphatic carbocycles. The lowest BCUT2D eigenvalue weighted by molar-refractivity contribution is 0.401. The van der Waals surface area contributed by atoms with Gasteiger partial charge in [-0.15, -0.1) is 0 Å². The summed E-state index contributed by atoms with van der Waals surface area (Å²) in [5.74, 6) is -0.0203. The molecule has 3 aromatic heterocycles. The number of aliphatic imine (C=N–C) groups is 1. The lowest BCUT2D eigenvalue weighted by Gasteiger charge is -2.55. The van der Waals surface area contributed by atoms with Gasteiger partial charge in [0.15, 0.2) is 5.82 Å². The lowest BCUT2D eigenvalue weighted by Crippen LogP contribution is -2.55. The van der Waals surface area contributed by atoms with E-state index in [1.54, 1.807) is 19.9 Å². The van der Waals surface area contributed by atoms with Crippen molar-refractivity contribution in [2.75, 3.05) is 11.1 Å². The molecule has 0 spiro atoms. The summed E-state index contributed by atoms with van der Waals surface area (Å²) in [5, 5.41) is 12.1. The summed E-state index contributed by atoms with van der Waals surface area (Å²) in [5.41, 5.74) is 6.35. The van der Waals surface area contributed by atoms with Crippen molar-refractivity contribution in [1.29, 1.82) is 5.26 Å². The van der Waals surface area contributed by atoms with Crippen LogP contribution in [0.5, 0.6) is 0 Å². The number of nitrogens with zero attached hydrogens (tertiary/aromatic N) is 6. The molecular formula is C22H23FN8O2S. The minimum Gasteiger partial charge on any atom is -0.386 e. The summed E-state index contributed by atoms with van der Waals surface area (Å²) in [7, 11) is -3.21. The Morgan fingerprint density at radius 3 is 2.62 bits per heavy atom. The molecule has 2 aliphatic rings. The molecule has 5 N–H and O–H groups in total. The highest BCUT2D eigenvalue weighted by molar-refractivity contribution is 8.26. The van der Waals surface area contributed by atoms with Crippen LogP contribution in [0.3, 0.4) is 0 Å². The van der Waals surface area contributed by atoms with Gasteiger partial charge in [-0.3, -0.25) is 14.1 Å². The average Bonchev–Trinajstić information content (AvgIpc) is 3.64. The number of pyridine rings is 2. The van der Waals surface area contributed by atoms with Gasteiger partial charge in [0.05, 0.1) is 23.0 Å². The highest BCUT2D eigenvalue weighted by Gasteiger charge is 2.58. The standard InChI is InChI=1S/C22H23FN8O2S/c1-21(10-34(32,33)22(2,13-3-4-13)20(25)31-21)14-6-17(26-9-15(14)23)30-19-18-16(28-11-29-19)5-12(7-24)8-27-18/h5-6,8-9,11,13,32-33H,3-4,10H2,1-2H3,(H2,25,31)(H,26,28,29,30)/t21-,22-/m0/s1. The van der Waals surface area contributed by atoms with E-state index in [9.17, 15) is 13.5 Å². The Kier molecular flexibility index (Phi) is 4.98. The number of aromatic nitrogens is 4. The molecule has 12 heteroatoms. The van der Waals surface area contributed by atoms with Gasteiger partial charge in [0.1, 0.15) is 45.7 Å². The van der Waals surface area contributed by atoms with Gasteiger partial charge in [0.25, 0.3) is 0 Å². The molecule has 1 aliphatic heterocycles. The minimum atomic E-state index is -3.21. The fourth-order valence-corrected chi connectivity index (χ4v) is 6.96. The first-order valence-corrected chi connectivity index (χ1v) is 12.3.